The zero-order valence-electron chi connectivity index (χ0n) is 13.2. The van der Waals surface area contributed by atoms with Crippen molar-refractivity contribution in [1.29, 1.82) is 5.26 Å². The summed E-state index contributed by atoms with van der Waals surface area (Å²) in [6, 6.07) is 2.65. The lowest BCUT2D eigenvalue weighted by molar-refractivity contribution is -0.0575. The quantitative estimate of drug-likeness (QED) is 0.763. The monoisotopic (exact) mass is 285 g/mol. The van der Waals surface area contributed by atoms with Crippen LogP contribution in [0.1, 0.15) is 57.8 Å². The van der Waals surface area contributed by atoms with Gasteiger partial charge >= 0.3 is 0 Å². The Kier molecular flexibility index (Phi) is 2.49. The Morgan fingerprint density at radius 3 is 2.71 bits per heavy atom. The van der Waals surface area contributed by atoms with Gasteiger partial charge in [-0.15, -0.1) is 0 Å². The summed E-state index contributed by atoms with van der Waals surface area (Å²) in [5, 5.41) is 9.52. The maximum absolute atomic E-state index is 9.52. The van der Waals surface area contributed by atoms with Gasteiger partial charge in [0.15, 0.2) is 0 Å². The standard InChI is InChI=1S/C19H27NO/c1-21-17-10-19(9-15(17)14-3-2-4-16(14)19)18-6-5-12(7-18)13(8-18)11-20/h12-17H,2-10H2,1H3. The van der Waals surface area contributed by atoms with Crippen LogP contribution >= 0.6 is 0 Å². The molecule has 5 fully saturated rings. The lowest BCUT2D eigenvalue weighted by atomic mass is 9.54. The second-order valence-corrected chi connectivity index (χ2v) is 8.93. The summed E-state index contributed by atoms with van der Waals surface area (Å²) in [7, 11) is 1.94. The molecule has 2 nitrogen and oxygen atoms in total. The molecule has 0 N–H and O–H groups in total. The fraction of sp³-hybridized carbons (Fsp3) is 0.947. The van der Waals surface area contributed by atoms with Crippen molar-refractivity contribution in [3.05, 3.63) is 0 Å². The summed E-state index contributed by atoms with van der Waals surface area (Å²) in [5.41, 5.74) is 1.08. The lowest BCUT2D eigenvalue weighted by Crippen LogP contribution is -2.45. The van der Waals surface area contributed by atoms with Crippen molar-refractivity contribution < 1.29 is 4.74 Å². The average Bonchev–Trinajstić information content (AvgIpc) is 3.28. The van der Waals surface area contributed by atoms with Gasteiger partial charge in [-0.2, -0.15) is 5.26 Å². The van der Waals surface area contributed by atoms with Crippen LogP contribution in [-0.2, 0) is 4.74 Å². The molecule has 0 aromatic heterocycles. The molecule has 0 spiro atoms. The molecule has 21 heavy (non-hydrogen) atoms. The molecule has 8 unspecified atom stereocenters. The summed E-state index contributed by atoms with van der Waals surface area (Å²) < 4.78 is 5.93. The normalized spacial score (nSPS) is 60.4. The molecule has 5 saturated carbocycles. The van der Waals surface area contributed by atoms with Crippen LogP contribution in [0.4, 0.5) is 0 Å². The summed E-state index contributed by atoms with van der Waals surface area (Å²) >= 11 is 0. The van der Waals surface area contributed by atoms with Gasteiger partial charge in [0.1, 0.15) is 0 Å². The Bertz CT molecular complexity index is 506. The van der Waals surface area contributed by atoms with Crippen molar-refractivity contribution in [2.75, 3.05) is 7.11 Å². The third kappa shape index (κ3) is 1.34. The molecule has 0 heterocycles. The van der Waals surface area contributed by atoms with Crippen LogP contribution in [0.25, 0.3) is 0 Å². The summed E-state index contributed by atoms with van der Waals surface area (Å²) in [6.45, 7) is 0. The van der Waals surface area contributed by atoms with E-state index in [0.717, 1.165) is 23.7 Å². The summed E-state index contributed by atoms with van der Waals surface area (Å²) in [4.78, 5) is 0. The molecule has 5 rings (SSSR count). The van der Waals surface area contributed by atoms with Crippen molar-refractivity contribution in [2.45, 2.75) is 63.9 Å². The van der Waals surface area contributed by atoms with Crippen molar-refractivity contribution in [3.63, 3.8) is 0 Å². The fourth-order valence-corrected chi connectivity index (χ4v) is 8.24. The highest BCUT2D eigenvalue weighted by Crippen LogP contribution is 2.78. The summed E-state index contributed by atoms with van der Waals surface area (Å²) in [5.74, 6) is 3.87. The molecular formula is C19H27NO. The Morgan fingerprint density at radius 2 is 1.95 bits per heavy atom. The first-order valence-corrected chi connectivity index (χ1v) is 9.15. The SMILES string of the molecule is COC1CC2(C34CCC(C3)C(C#N)C4)CC1C1CCCC12. The van der Waals surface area contributed by atoms with Crippen molar-refractivity contribution in [1.82, 2.24) is 0 Å². The van der Waals surface area contributed by atoms with Crippen LogP contribution in [0.5, 0.6) is 0 Å². The highest BCUT2D eigenvalue weighted by atomic mass is 16.5. The molecule has 114 valence electrons. The van der Waals surface area contributed by atoms with Gasteiger partial charge in [-0.3, -0.25) is 0 Å². The number of nitrogens with zero attached hydrogens (tertiary/aromatic N) is 1. The van der Waals surface area contributed by atoms with Gasteiger partial charge < -0.3 is 4.74 Å². The maximum Gasteiger partial charge on any atom is 0.0658 e. The zero-order valence-corrected chi connectivity index (χ0v) is 13.2. The number of ether oxygens (including phenoxy) is 1. The van der Waals surface area contributed by atoms with E-state index in [1.807, 2.05) is 7.11 Å². The second kappa shape index (κ2) is 4.05. The van der Waals surface area contributed by atoms with Crippen LogP contribution in [0, 0.1) is 51.8 Å². The smallest absolute Gasteiger partial charge is 0.0658 e. The molecule has 8 atom stereocenters. The van der Waals surface area contributed by atoms with E-state index in [-0.39, 0.29) is 0 Å². The minimum Gasteiger partial charge on any atom is -0.381 e. The third-order valence-electron chi connectivity index (χ3n) is 8.82. The van der Waals surface area contributed by atoms with E-state index in [1.54, 1.807) is 0 Å². The fourth-order valence-electron chi connectivity index (χ4n) is 8.24. The highest BCUT2D eigenvalue weighted by Gasteiger charge is 2.72. The molecular weight excluding hydrogens is 258 g/mol. The maximum atomic E-state index is 9.52. The molecule has 0 saturated heterocycles. The molecule has 0 radical (unpaired) electrons. The Hall–Kier alpha value is -0.550. The molecule has 0 aromatic rings. The van der Waals surface area contributed by atoms with E-state index in [9.17, 15) is 5.26 Å². The first kappa shape index (κ1) is 12.9. The molecule has 0 aromatic carbocycles. The average molecular weight is 285 g/mol. The van der Waals surface area contributed by atoms with E-state index in [2.05, 4.69) is 6.07 Å². The van der Waals surface area contributed by atoms with Gasteiger partial charge in [-0.1, -0.05) is 6.42 Å². The Labute approximate surface area is 128 Å². The molecule has 5 aliphatic rings. The molecule has 2 heteroatoms. The van der Waals surface area contributed by atoms with E-state index in [1.165, 1.54) is 57.8 Å². The number of rotatable bonds is 2. The van der Waals surface area contributed by atoms with Gasteiger partial charge in [0.05, 0.1) is 12.2 Å². The van der Waals surface area contributed by atoms with Gasteiger partial charge in [-0.25, -0.2) is 0 Å². The topological polar surface area (TPSA) is 33.0 Å². The van der Waals surface area contributed by atoms with Crippen molar-refractivity contribution >= 4 is 0 Å². The van der Waals surface area contributed by atoms with Crippen LogP contribution in [0.3, 0.4) is 0 Å². The first-order chi connectivity index (χ1) is 10.2. The van der Waals surface area contributed by atoms with Gasteiger partial charge in [0.2, 0.25) is 0 Å². The number of methoxy groups -OCH3 is 1. The highest BCUT2D eigenvalue weighted by molar-refractivity contribution is 5.22. The Balaban J connectivity index is 1.57. The van der Waals surface area contributed by atoms with E-state index in [0.29, 0.717) is 22.9 Å². The van der Waals surface area contributed by atoms with Crippen LogP contribution < -0.4 is 0 Å². The largest absolute Gasteiger partial charge is 0.381 e. The minimum atomic E-state index is 0.369. The van der Waals surface area contributed by atoms with Gasteiger partial charge in [-0.05, 0) is 85.9 Å². The van der Waals surface area contributed by atoms with Gasteiger partial charge in [0, 0.05) is 13.0 Å². The molecule has 4 bridgehead atoms. The van der Waals surface area contributed by atoms with Crippen molar-refractivity contribution in [2.24, 2.45) is 40.4 Å². The zero-order chi connectivity index (χ0) is 14.2. The second-order valence-electron chi connectivity index (χ2n) is 8.93. The minimum absolute atomic E-state index is 0.369. The molecule has 0 amide bonds. The van der Waals surface area contributed by atoms with Crippen LogP contribution in [-0.4, -0.2) is 13.2 Å². The number of hydrogen-bond donors (Lipinski definition) is 0. The first-order valence-electron chi connectivity index (χ1n) is 9.15. The lowest BCUT2D eigenvalue weighted by Gasteiger charge is -2.51. The number of nitriles is 1. The predicted octanol–water partition coefficient (Wildman–Crippen LogP) is 4.16. The molecule has 5 aliphatic carbocycles. The summed E-state index contributed by atoms with van der Waals surface area (Å²) in [6.07, 6.45) is 13.0. The number of hydrogen-bond acceptors (Lipinski definition) is 2. The van der Waals surface area contributed by atoms with Crippen LogP contribution in [0.2, 0.25) is 0 Å². The predicted molar refractivity (Wildman–Crippen MR) is 80.3 cm³/mol. The van der Waals surface area contributed by atoms with E-state index >= 15 is 0 Å². The molecule has 0 aliphatic heterocycles. The van der Waals surface area contributed by atoms with E-state index < -0.39 is 0 Å². The van der Waals surface area contributed by atoms with E-state index in [4.69, 9.17) is 4.74 Å². The number of fused-ring (bicyclic) bond motifs is 8. The van der Waals surface area contributed by atoms with Gasteiger partial charge in [0.25, 0.3) is 0 Å². The third-order valence-corrected chi connectivity index (χ3v) is 8.82. The van der Waals surface area contributed by atoms with Crippen molar-refractivity contribution in [3.8, 4) is 6.07 Å². The Morgan fingerprint density at radius 1 is 1.05 bits per heavy atom. The van der Waals surface area contributed by atoms with Crippen LogP contribution in [0.15, 0.2) is 0 Å².